The average molecular weight is 141 g/mol. The molecular formula is C9H19N. The fourth-order valence-corrected chi connectivity index (χ4v) is 1.91. The van der Waals surface area contributed by atoms with Gasteiger partial charge in [0.25, 0.3) is 0 Å². The Balaban J connectivity index is 2.40. The molecule has 1 N–H and O–H groups in total. The van der Waals surface area contributed by atoms with Crippen LogP contribution in [0, 0.1) is 17.8 Å². The van der Waals surface area contributed by atoms with E-state index in [0.717, 1.165) is 17.8 Å². The summed E-state index contributed by atoms with van der Waals surface area (Å²) in [5, 5.41) is 3.45. The lowest BCUT2D eigenvalue weighted by Crippen LogP contribution is -2.37. The van der Waals surface area contributed by atoms with Gasteiger partial charge in [-0.25, -0.2) is 0 Å². The lowest BCUT2D eigenvalue weighted by Gasteiger charge is -2.32. The van der Waals surface area contributed by atoms with Crippen LogP contribution in [0.15, 0.2) is 0 Å². The first-order chi connectivity index (χ1) is 4.72. The van der Waals surface area contributed by atoms with Crippen molar-refractivity contribution in [2.24, 2.45) is 17.8 Å². The first kappa shape index (κ1) is 8.06. The first-order valence-corrected chi connectivity index (χ1v) is 4.42. The predicted molar refractivity (Wildman–Crippen MR) is 45.0 cm³/mol. The molecule has 1 heterocycles. The highest BCUT2D eigenvalue weighted by atomic mass is 14.9. The van der Waals surface area contributed by atoms with Crippen LogP contribution in [0.3, 0.4) is 0 Å². The van der Waals surface area contributed by atoms with E-state index < -0.39 is 0 Å². The molecule has 1 fully saturated rings. The third-order valence-electron chi connectivity index (χ3n) is 2.74. The van der Waals surface area contributed by atoms with Crippen molar-refractivity contribution in [1.29, 1.82) is 0 Å². The molecule has 1 aliphatic rings. The van der Waals surface area contributed by atoms with Gasteiger partial charge >= 0.3 is 0 Å². The van der Waals surface area contributed by atoms with E-state index in [9.17, 15) is 0 Å². The van der Waals surface area contributed by atoms with Crippen LogP contribution in [-0.4, -0.2) is 13.1 Å². The summed E-state index contributed by atoms with van der Waals surface area (Å²) in [5.41, 5.74) is 0. The second-order valence-corrected chi connectivity index (χ2v) is 3.88. The van der Waals surface area contributed by atoms with Gasteiger partial charge in [-0.1, -0.05) is 20.8 Å². The van der Waals surface area contributed by atoms with Crippen molar-refractivity contribution in [3.8, 4) is 0 Å². The number of hydrogen-bond donors (Lipinski definition) is 1. The second kappa shape index (κ2) is 3.38. The minimum Gasteiger partial charge on any atom is -0.316 e. The fraction of sp³-hybridized carbons (Fsp3) is 1.00. The molecule has 0 saturated carbocycles. The van der Waals surface area contributed by atoms with Gasteiger partial charge in [-0.2, -0.15) is 0 Å². The first-order valence-electron chi connectivity index (χ1n) is 4.42. The Kier molecular flexibility index (Phi) is 2.72. The molecule has 1 heteroatoms. The molecule has 1 nitrogen and oxygen atoms in total. The number of nitrogens with one attached hydrogen (secondary N) is 1. The maximum Gasteiger partial charge on any atom is -0.00155 e. The molecule has 1 saturated heterocycles. The number of hydrogen-bond acceptors (Lipinski definition) is 1. The van der Waals surface area contributed by atoms with Crippen LogP contribution in [0.2, 0.25) is 0 Å². The van der Waals surface area contributed by atoms with Crippen molar-refractivity contribution in [2.45, 2.75) is 27.2 Å². The minimum absolute atomic E-state index is 0.850. The summed E-state index contributed by atoms with van der Waals surface area (Å²) in [7, 11) is 0. The van der Waals surface area contributed by atoms with Gasteiger partial charge in [0.1, 0.15) is 0 Å². The van der Waals surface area contributed by atoms with E-state index in [1.54, 1.807) is 0 Å². The van der Waals surface area contributed by atoms with Crippen LogP contribution in [0.5, 0.6) is 0 Å². The SMILES string of the molecule is CC(C)[C@@H]1CNCC[C@@H]1C. The summed E-state index contributed by atoms with van der Waals surface area (Å²) in [6, 6.07) is 0. The summed E-state index contributed by atoms with van der Waals surface area (Å²) in [5.74, 6) is 2.69. The summed E-state index contributed by atoms with van der Waals surface area (Å²) in [6.45, 7) is 9.50. The van der Waals surface area contributed by atoms with Gasteiger partial charge in [0.15, 0.2) is 0 Å². The summed E-state index contributed by atoms with van der Waals surface area (Å²) < 4.78 is 0. The van der Waals surface area contributed by atoms with E-state index in [-0.39, 0.29) is 0 Å². The normalized spacial score (nSPS) is 34.8. The monoisotopic (exact) mass is 141 g/mol. The van der Waals surface area contributed by atoms with Crippen molar-refractivity contribution < 1.29 is 0 Å². The fourth-order valence-electron chi connectivity index (χ4n) is 1.91. The molecule has 2 atom stereocenters. The molecule has 1 rings (SSSR count). The van der Waals surface area contributed by atoms with Gasteiger partial charge in [0.05, 0.1) is 0 Å². The molecule has 0 bridgehead atoms. The van der Waals surface area contributed by atoms with E-state index >= 15 is 0 Å². The van der Waals surface area contributed by atoms with Gasteiger partial charge in [0, 0.05) is 0 Å². The van der Waals surface area contributed by atoms with Gasteiger partial charge < -0.3 is 5.32 Å². The molecule has 0 amide bonds. The second-order valence-electron chi connectivity index (χ2n) is 3.88. The zero-order chi connectivity index (χ0) is 7.56. The molecule has 0 aliphatic carbocycles. The van der Waals surface area contributed by atoms with Gasteiger partial charge in [-0.05, 0) is 37.3 Å². The molecule has 0 unspecified atom stereocenters. The maximum atomic E-state index is 3.45. The van der Waals surface area contributed by atoms with Crippen molar-refractivity contribution in [2.75, 3.05) is 13.1 Å². The van der Waals surface area contributed by atoms with Crippen LogP contribution in [0.4, 0.5) is 0 Å². The molecule has 0 aromatic carbocycles. The maximum absolute atomic E-state index is 3.45. The van der Waals surface area contributed by atoms with Crippen molar-refractivity contribution in [1.82, 2.24) is 5.32 Å². The largest absolute Gasteiger partial charge is 0.316 e. The van der Waals surface area contributed by atoms with Crippen molar-refractivity contribution >= 4 is 0 Å². The standard InChI is InChI=1S/C9H19N/c1-7(2)9-6-10-5-4-8(9)3/h7-10H,4-6H2,1-3H3/t8-,9-/m0/s1. The van der Waals surface area contributed by atoms with E-state index in [0.29, 0.717) is 0 Å². The van der Waals surface area contributed by atoms with Gasteiger partial charge in [-0.3, -0.25) is 0 Å². The van der Waals surface area contributed by atoms with Crippen molar-refractivity contribution in [3.05, 3.63) is 0 Å². The quantitative estimate of drug-likeness (QED) is 0.588. The number of piperidine rings is 1. The van der Waals surface area contributed by atoms with Crippen molar-refractivity contribution in [3.63, 3.8) is 0 Å². The van der Waals surface area contributed by atoms with E-state index in [1.165, 1.54) is 19.5 Å². The Morgan fingerprint density at radius 2 is 2.10 bits per heavy atom. The van der Waals surface area contributed by atoms with Crippen LogP contribution in [0.25, 0.3) is 0 Å². The molecular weight excluding hydrogens is 122 g/mol. The van der Waals surface area contributed by atoms with E-state index in [1.807, 2.05) is 0 Å². The zero-order valence-electron chi connectivity index (χ0n) is 7.35. The summed E-state index contributed by atoms with van der Waals surface area (Å²) in [6.07, 6.45) is 1.36. The Morgan fingerprint density at radius 1 is 1.40 bits per heavy atom. The topological polar surface area (TPSA) is 12.0 Å². The Morgan fingerprint density at radius 3 is 2.50 bits per heavy atom. The Bertz CT molecular complexity index is 98.9. The third-order valence-corrected chi connectivity index (χ3v) is 2.74. The Labute approximate surface area is 64.2 Å². The molecule has 0 radical (unpaired) electrons. The lowest BCUT2D eigenvalue weighted by atomic mass is 9.80. The average Bonchev–Trinajstić information content (AvgIpc) is 1.88. The highest BCUT2D eigenvalue weighted by molar-refractivity contribution is 4.76. The predicted octanol–water partition coefficient (Wildman–Crippen LogP) is 1.89. The highest BCUT2D eigenvalue weighted by Gasteiger charge is 2.23. The smallest absolute Gasteiger partial charge is 0.00155 e. The van der Waals surface area contributed by atoms with Gasteiger partial charge in [0.2, 0.25) is 0 Å². The van der Waals surface area contributed by atoms with Gasteiger partial charge in [-0.15, -0.1) is 0 Å². The molecule has 0 aromatic heterocycles. The van der Waals surface area contributed by atoms with Crippen LogP contribution in [0.1, 0.15) is 27.2 Å². The molecule has 1 aliphatic heterocycles. The molecule has 0 spiro atoms. The van der Waals surface area contributed by atoms with Crippen LogP contribution in [-0.2, 0) is 0 Å². The molecule has 0 aromatic rings. The summed E-state index contributed by atoms with van der Waals surface area (Å²) in [4.78, 5) is 0. The minimum atomic E-state index is 0.850. The molecule has 10 heavy (non-hydrogen) atoms. The number of rotatable bonds is 1. The van der Waals surface area contributed by atoms with E-state index in [2.05, 4.69) is 26.1 Å². The lowest BCUT2D eigenvalue weighted by molar-refractivity contribution is 0.212. The van der Waals surface area contributed by atoms with Crippen LogP contribution >= 0.6 is 0 Å². The van der Waals surface area contributed by atoms with E-state index in [4.69, 9.17) is 0 Å². The highest BCUT2D eigenvalue weighted by Crippen LogP contribution is 2.24. The summed E-state index contributed by atoms with van der Waals surface area (Å²) >= 11 is 0. The third kappa shape index (κ3) is 1.72. The molecule has 60 valence electrons. The Hall–Kier alpha value is -0.0400. The van der Waals surface area contributed by atoms with Crippen LogP contribution < -0.4 is 5.32 Å². The zero-order valence-corrected chi connectivity index (χ0v) is 7.35.